The van der Waals surface area contributed by atoms with E-state index in [1.165, 1.54) is 0 Å². The number of nitrogens with one attached hydrogen (secondary N) is 1. The highest BCUT2D eigenvalue weighted by molar-refractivity contribution is 5.95. The highest BCUT2D eigenvalue weighted by atomic mass is 16.6. The fourth-order valence-corrected chi connectivity index (χ4v) is 1.13. The van der Waals surface area contributed by atoms with Crippen LogP contribution in [0.5, 0.6) is 0 Å². The molecule has 1 rings (SSSR count). The standard InChI is InChI=1S/C9H13NO5/c1-2-5-14-7(11)4-3-6-8(12)15-9(13)10-6/h6H,2-5H2,1H3,(H,10,13). The predicted molar refractivity (Wildman–Crippen MR) is 48.9 cm³/mol. The van der Waals surface area contributed by atoms with E-state index >= 15 is 0 Å². The molecule has 1 unspecified atom stereocenters. The molecule has 1 aliphatic heterocycles. The number of hydrogen-bond acceptors (Lipinski definition) is 5. The summed E-state index contributed by atoms with van der Waals surface area (Å²) in [5, 5.41) is 2.30. The van der Waals surface area contributed by atoms with E-state index in [1.54, 1.807) is 0 Å². The van der Waals surface area contributed by atoms with Gasteiger partial charge in [0.2, 0.25) is 0 Å². The average molecular weight is 215 g/mol. The Bertz CT molecular complexity index is 276. The number of esters is 2. The molecular weight excluding hydrogens is 202 g/mol. The topological polar surface area (TPSA) is 81.7 Å². The third kappa shape index (κ3) is 3.57. The third-order valence-corrected chi connectivity index (χ3v) is 1.87. The van der Waals surface area contributed by atoms with Crippen LogP contribution in [0.1, 0.15) is 26.2 Å². The van der Waals surface area contributed by atoms with Gasteiger partial charge in [-0.15, -0.1) is 0 Å². The van der Waals surface area contributed by atoms with E-state index in [2.05, 4.69) is 10.1 Å². The van der Waals surface area contributed by atoms with Crippen molar-refractivity contribution < 1.29 is 23.9 Å². The molecule has 0 saturated carbocycles. The molecule has 0 aromatic carbocycles. The van der Waals surface area contributed by atoms with Crippen LogP contribution in [0.4, 0.5) is 4.79 Å². The van der Waals surface area contributed by atoms with Crippen LogP contribution < -0.4 is 5.32 Å². The first-order valence-corrected chi connectivity index (χ1v) is 4.81. The number of amides is 1. The van der Waals surface area contributed by atoms with Crippen molar-refractivity contribution in [2.45, 2.75) is 32.2 Å². The molecule has 0 spiro atoms. The lowest BCUT2D eigenvalue weighted by atomic mass is 10.2. The van der Waals surface area contributed by atoms with Gasteiger partial charge in [-0.3, -0.25) is 4.79 Å². The smallest absolute Gasteiger partial charge is 0.415 e. The lowest BCUT2D eigenvalue weighted by Crippen LogP contribution is -2.29. The minimum absolute atomic E-state index is 0.0973. The molecule has 1 saturated heterocycles. The lowest BCUT2D eigenvalue weighted by Gasteiger charge is -2.05. The highest BCUT2D eigenvalue weighted by Gasteiger charge is 2.32. The highest BCUT2D eigenvalue weighted by Crippen LogP contribution is 2.07. The van der Waals surface area contributed by atoms with Crippen molar-refractivity contribution in [1.29, 1.82) is 0 Å². The first kappa shape index (κ1) is 11.5. The average Bonchev–Trinajstić information content (AvgIpc) is 2.51. The normalized spacial score (nSPS) is 19.7. The molecule has 6 heteroatoms. The summed E-state index contributed by atoms with van der Waals surface area (Å²) in [5.41, 5.74) is 0. The maximum absolute atomic E-state index is 11.1. The van der Waals surface area contributed by atoms with Crippen molar-refractivity contribution in [3.8, 4) is 0 Å². The number of carbonyl (C=O) groups excluding carboxylic acids is 3. The monoisotopic (exact) mass is 215 g/mol. The summed E-state index contributed by atoms with van der Waals surface area (Å²) < 4.78 is 9.06. The first-order chi connectivity index (χ1) is 7.13. The van der Waals surface area contributed by atoms with Crippen LogP contribution in [0.15, 0.2) is 0 Å². The van der Waals surface area contributed by atoms with Gasteiger partial charge in [-0.2, -0.15) is 0 Å². The van der Waals surface area contributed by atoms with E-state index in [-0.39, 0.29) is 18.8 Å². The van der Waals surface area contributed by atoms with Crippen LogP contribution in [0.25, 0.3) is 0 Å². The molecule has 1 atom stereocenters. The Balaban J connectivity index is 2.22. The summed E-state index contributed by atoms with van der Waals surface area (Å²) in [7, 11) is 0. The Morgan fingerprint density at radius 2 is 2.27 bits per heavy atom. The van der Waals surface area contributed by atoms with Crippen molar-refractivity contribution in [2.24, 2.45) is 0 Å². The minimum atomic E-state index is -0.757. The Morgan fingerprint density at radius 1 is 1.53 bits per heavy atom. The van der Waals surface area contributed by atoms with Crippen LogP contribution in [-0.2, 0) is 19.1 Å². The molecule has 0 radical (unpaired) electrons. The molecule has 1 fully saturated rings. The zero-order valence-electron chi connectivity index (χ0n) is 8.45. The van der Waals surface area contributed by atoms with Gasteiger partial charge in [0.15, 0.2) is 0 Å². The lowest BCUT2D eigenvalue weighted by molar-refractivity contribution is -0.144. The van der Waals surface area contributed by atoms with Gasteiger partial charge in [0.1, 0.15) is 6.04 Å². The molecule has 0 bridgehead atoms. The number of alkyl carbamates (subject to hydrolysis) is 1. The summed E-state index contributed by atoms with van der Waals surface area (Å²) in [4.78, 5) is 32.6. The molecule has 0 aromatic heterocycles. The summed E-state index contributed by atoms with van der Waals surface area (Å²) in [6.07, 6.45) is 0.313. The zero-order valence-corrected chi connectivity index (χ0v) is 8.45. The summed E-state index contributed by atoms with van der Waals surface area (Å²) in [6, 6.07) is -0.716. The second-order valence-electron chi connectivity index (χ2n) is 3.16. The molecule has 0 aliphatic carbocycles. The number of hydrogen-bond donors (Lipinski definition) is 1. The van der Waals surface area contributed by atoms with Gasteiger partial charge < -0.3 is 14.8 Å². The van der Waals surface area contributed by atoms with E-state index < -0.39 is 18.1 Å². The molecule has 15 heavy (non-hydrogen) atoms. The van der Waals surface area contributed by atoms with Gasteiger partial charge in [-0.05, 0) is 12.8 Å². The number of carbonyl (C=O) groups is 3. The second-order valence-corrected chi connectivity index (χ2v) is 3.16. The third-order valence-electron chi connectivity index (χ3n) is 1.87. The van der Waals surface area contributed by atoms with Gasteiger partial charge in [0.25, 0.3) is 0 Å². The second kappa shape index (κ2) is 5.33. The van der Waals surface area contributed by atoms with Gasteiger partial charge in [-0.1, -0.05) is 6.92 Å². The van der Waals surface area contributed by atoms with Gasteiger partial charge in [-0.25, -0.2) is 9.59 Å². The Morgan fingerprint density at radius 3 is 2.80 bits per heavy atom. The van der Waals surface area contributed by atoms with E-state index in [0.717, 1.165) is 6.42 Å². The van der Waals surface area contributed by atoms with Crippen molar-refractivity contribution in [2.75, 3.05) is 6.61 Å². The molecule has 1 amide bonds. The molecule has 0 aromatic rings. The maximum atomic E-state index is 11.1. The van der Waals surface area contributed by atoms with Crippen LogP contribution in [-0.4, -0.2) is 30.7 Å². The summed E-state index contributed by atoms with van der Waals surface area (Å²) >= 11 is 0. The predicted octanol–water partition coefficient (Wildman–Crippen LogP) is 0.355. The molecular formula is C9H13NO5. The minimum Gasteiger partial charge on any atom is -0.466 e. The Hall–Kier alpha value is -1.59. The van der Waals surface area contributed by atoms with Crippen molar-refractivity contribution in [3.05, 3.63) is 0 Å². The zero-order chi connectivity index (χ0) is 11.3. The van der Waals surface area contributed by atoms with Gasteiger partial charge >= 0.3 is 18.0 Å². The molecule has 6 nitrogen and oxygen atoms in total. The van der Waals surface area contributed by atoms with E-state index in [1.807, 2.05) is 6.92 Å². The van der Waals surface area contributed by atoms with Crippen molar-refractivity contribution >= 4 is 18.0 Å². The maximum Gasteiger partial charge on any atom is 0.415 e. The van der Waals surface area contributed by atoms with Gasteiger partial charge in [0, 0.05) is 6.42 Å². The van der Waals surface area contributed by atoms with E-state index in [9.17, 15) is 14.4 Å². The van der Waals surface area contributed by atoms with E-state index in [4.69, 9.17) is 4.74 Å². The quantitative estimate of drug-likeness (QED) is 0.528. The first-order valence-electron chi connectivity index (χ1n) is 4.81. The Kier molecular flexibility index (Phi) is 4.08. The Labute approximate surface area is 86.9 Å². The fourth-order valence-electron chi connectivity index (χ4n) is 1.13. The molecule has 84 valence electrons. The van der Waals surface area contributed by atoms with Crippen LogP contribution >= 0.6 is 0 Å². The van der Waals surface area contributed by atoms with Crippen molar-refractivity contribution in [3.63, 3.8) is 0 Å². The summed E-state index contributed by atoms with van der Waals surface area (Å²) in [5.74, 6) is -1.01. The van der Waals surface area contributed by atoms with Crippen LogP contribution in [0.3, 0.4) is 0 Å². The van der Waals surface area contributed by atoms with Crippen molar-refractivity contribution in [1.82, 2.24) is 5.32 Å². The largest absolute Gasteiger partial charge is 0.466 e. The van der Waals surface area contributed by atoms with Gasteiger partial charge in [0.05, 0.1) is 6.61 Å². The van der Waals surface area contributed by atoms with Crippen LogP contribution in [0, 0.1) is 0 Å². The fraction of sp³-hybridized carbons (Fsp3) is 0.667. The van der Waals surface area contributed by atoms with Crippen LogP contribution in [0.2, 0.25) is 0 Å². The van der Waals surface area contributed by atoms with E-state index in [0.29, 0.717) is 6.61 Å². The molecule has 1 aliphatic rings. The molecule has 1 heterocycles. The number of ether oxygens (including phenoxy) is 2. The summed E-state index contributed by atoms with van der Waals surface area (Å²) in [6.45, 7) is 2.27. The SMILES string of the molecule is CCCOC(=O)CCC1NC(=O)OC1=O. The number of cyclic esters (lactones) is 2. The number of rotatable bonds is 5. The molecule has 1 N–H and O–H groups in total.